The predicted molar refractivity (Wildman–Crippen MR) is 61.1 cm³/mol. The average molecular weight is 236 g/mol. The summed E-state index contributed by atoms with van der Waals surface area (Å²) in [6.07, 6.45) is 0. The highest BCUT2D eigenvalue weighted by Gasteiger charge is 2.11. The molecule has 82 valence electrons. The van der Waals surface area contributed by atoms with Gasteiger partial charge in [0.2, 0.25) is 5.13 Å². The van der Waals surface area contributed by atoms with Crippen LogP contribution in [-0.2, 0) is 0 Å². The Morgan fingerprint density at radius 2 is 2.12 bits per heavy atom. The van der Waals surface area contributed by atoms with Gasteiger partial charge in [0, 0.05) is 17.7 Å². The van der Waals surface area contributed by atoms with Crippen LogP contribution >= 0.6 is 11.3 Å². The first kappa shape index (κ1) is 10.5. The zero-order valence-corrected chi connectivity index (χ0v) is 9.19. The molecule has 0 amide bonds. The van der Waals surface area contributed by atoms with Gasteiger partial charge < -0.3 is 5.73 Å². The van der Waals surface area contributed by atoms with Gasteiger partial charge in [0.15, 0.2) is 0 Å². The average Bonchev–Trinajstić information content (AvgIpc) is 2.64. The Hall–Kier alpha value is -2.02. The SMILES string of the molecule is Cc1cc(-c2nnc(N)s2)cc([N+](=O)[O-])c1. The summed E-state index contributed by atoms with van der Waals surface area (Å²) in [4.78, 5) is 10.3. The third kappa shape index (κ3) is 1.98. The van der Waals surface area contributed by atoms with Crippen LogP contribution in [-0.4, -0.2) is 15.1 Å². The summed E-state index contributed by atoms with van der Waals surface area (Å²) < 4.78 is 0. The number of non-ortho nitro benzene ring substituents is 1. The van der Waals surface area contributed by atoms with E-state index in [1.54, 1.807) is 6.92 Å². The van der Waals surface area contributed by atoms with Crippen molar-refractivity contribution < 1.29 is 4.92 Å². The van der Waals surface area contributed by atoms with Crippen molar-refractivity contribution in [2.75, 3.05) is 5.73 Å². The molecule has 0 fully saturated rings. The largest absolute Gasteiger partial charge is 0.374 e. The van der Waals surface area contributed by atoms with Crippen LogP contribution in [0.15, 0.2) is 18.2 Å². The van der Waals surface area contributed by atoms with Gasteiger partial charge in [-0.25, -0.2) is 0 Å². The van der Waals surface area contributed by atoms with Crippen LogP contribution in [0.2, 0.25) is 0 Å². The second-order valence-electron chi connectivity index (χ2n) is 3.26. The minimum Gasteiger partial charge on any atom is -0.374 e. The number of benzene rings is 1. The highest BCUT2D eigenvalue weighted by atomic mass is 32.1. The van der Waals surface area contributed by atoms with E-state index in [0.29, 0.717) is 15.7 Å². The molecule has 0 aliphatic heterocycles. The van der Waals surface area contributed by atoms with Crippen molar-refractivity contribution in [3.63, 3.8) is 0 Å². The standard InChI is InChI=1S/C9H8N4O2S/c1-5-2-6(4-7(3-5)13(14)15)8-11-12-9(10)16-8/h2-4H,1H3,(H2,10,12). The molecule has 1 aromatic carbocycles. The van der Waals surface area contributed by atoms with E-state index in [4.69, 9.17) is 5.73 Å². The van der Waals surface area contributed by atoms with Gasteiger partial charge in [-0.05, 0) is 18.6 Å². The van der Waals surface area contributed by atoms with Crippen LogP contribution in [0.5, 0.6) is 0 Å². The van der Waals surface area contributed by atoms with E-state index in [1.165, 1.54) is 23.5 Å². The Kier molecular flexibility index (Phi) is 2.53. The number of anilines is 1. The fourth-order valence-corrected chi connectivity index (χ4v) is 1.94. The Morgan fingerprint density at radius 3 is 2.69 bits per heavy atom. The minimum atomic E-state index is -0.430. The van der Waals surface area contributed by atoms with Crippen molar-refractivity contribution in [3.05, 3.63) is 33.9 Å². The Bertz CT molecular complexity index is 552. The zero-order valence-electron chi connectivity index (χ0n) is 8.38. The van der Waals surface area contributed by atoms with Crippen LogP contribution in [0.25, 0.3) is 10.6 Å². The summed E-state index contributed by atoms with van der Waals surface area (Å²) >= 11 is 1.20. The first-order chi connectivity index (χ1) is 7.56. The first-order valence-corrected chi connectivity index (χ1v) is 5.23. The van der Waals surface area contributed by atoms with Crippen molar-refractivity contribution in [3.8, 4) is 10.6 Å². The molecule has 0 aliphatic carbocycles. The number of nitrogens with two attached hydrogens (primary N) is 1. The van der Waals surface area contributed by atoms with Crippen LogP contribution in [0.4, 0.5) is 10.8 Å². The molecular weight excluding hydrogens is 228 g/mol. The molecule has 16 heavy (non-hydrogen) atoms. The highest BCUT2D eigenvalue weighted by molar-refractivity contribution is 7.18. The molecule has 0 aliphatic rings. The summed E-state index contributed by atoms with van der Waals surface area (Å²) in [5, 5.41) is 19.1. The summed E-state index contributed by atoms with van der Waals surface area (Å²) in [7, 11) is 0. The van der Waals surface area contributed by atoms with Gasteiger partial charge in [0.25, 0.3) is 5.69 Å². The van der Waals surface area contributed by atoms with E-state index >= 15 is 0 Å². The molecule has 1 heterocycles. The molecule has 0 atom stereocenters. The van der Waals surface area contributed by atoms with Crippen molar-refractivity contribution in [1.82, 2.24) is 10.2 Å². The van der Waals surface area contributed by atoms with Crippen molar-refractivity contribution in [2.24, 2.45) is 0 Å². The maximum Gasteiger partial charge on any atom is 0.270 e. The molecule has 1 aromatic heterocycles. The molecule has 0 saturated carbocycles. The fourth-order valence-electron chi connectivity index (χ4n) is 1.34. The summed E-state index contributed by atoms with van der Waals surface area (Å²) in [5.41, 5.74) is 6.98. The van der Waals surface area contributed by atoms with E-state index < -0.39 is 4.92 Å². The topological polar surface area (TPSA) is 94.9 Å². The van der Waals surface area contributed by atoms with Gasteiger partial charge in [-0.2, -0.15) is 0 Å². The molecule has 0 saturated heterocycles. The van der Waals surface area contributed by atoms with Gasteiger partial charge in [-0.1, -0.05) is 11.3 Å². The van der Waals surface area contributed by atoms with Gasteiger partial charge in [-0.3, -0.25) is 10.1 Å². The molecule has 7 heteroatoms. The van der Waals surface area contributed by atoms with Gasteiger partial charge in [0.1, 0.15) is 5.01 Å². The number of hydrogen-bond acceptors (Lipinski definition) is 6. The molecule has 2 aromatic rings. The lowest BCUT2D eigenvalue weighted by molar-refractivity contribution is -0.384. The molecule has 2 rings (SSSR count). The van der Waals surface area contributed by atoms with Gasteiger partial charge in [0.05, 0.1) is 4.92 Å². The summed E-state index contributed by atoms with van der Waals surface area (Å²) in [6, 6.07) is 4.79. The monoisotopic (exact) mass is 236 g/mol. The molecule has 0 spiro atoms. The Balaban J connectivity index is 2.53. The second-order valence-corrected chi connectivity index (χ2v) is 4.27. The lowest BCUT2D eigenvalue weighted by atomic mass is 10.1. The third-order valence-corrected chi connectivity index (χ3v) is 2.76. The van der Waals surface area contributed by atoms with E-state index in [9.17, 15) is 10.1 Å². The van der Waals surface area contributed by atoms with E-state index in [0.717, 1.165) is 5.56 Å². The predicted octanol–water partition coefficient (Wildman–Crippen LogP) is 2.00. The quantitative estimate of drug-likeness (QED) is 0.635. The molecule has 6 nitrogen and oxygen atoms in total. The number of nitrogen functional groups attached to an aromatic ring is 1. The molecule has 2 N–H and O–H groups in total. The van der Waals surface area contributed by atoms with Crippen molar-refractivity contribution in [1.29, 1.82) is 0 Å². The first-order valence-electron chi connectivity index (χ1n) is 4.41. The molecule has 0 radical (unpaired) electrons. The number of nitro groups is 1. The lowest BCUT2D eigenvalue weighted by Gasteiger charge is -1.98. The van der Waals surface area contributed by atoms with Crippen molar-refractivity contribution in [2.45, 2.75) is 6.92 Å². The van der Waals surface area contributed by atoms with Crippen LogP contribution in [0.1, 0.15) is 5.56 Å². The highest BCUT2D eigenvalue weighted by Crippen LogP contribution is 2.28. The number of aryl methyl sites for hydroxylation is 1. The van der Waals surface area contributed by atoms with E-state index in [1.807, 2.05) is 6.07 Å². The Labute approximate surface area is 94.9 Å². The third-order valence-electron chi connectivity index (χ3n) is 1.96. The smallest absolute Gasteiger partial charge is 0.270 e. The maximum absolute atomic E-state index is 10.7. The molecule has 0 bridgehead atoms. The summed E-state index contributed by atoms with van der Waals surface area (Å²) in [6.45, 7) is 1.79. The Morgan fingerprint density at radius 1 is 1.38 bits per heavy atom. The number of nitrogens with zero attached hydrogens (tertiary/aromatic N) is 3. The van der Waals surface area contributed by atoms with Crippen LogP contribution in [0.3, 0.4) is 0 Å². The second kappa shape index (κ2) is 3.86. The minimum absolute atomic E-state index is 0.0452. The summed E-state index contributed by atoms with van der Waals surface area (Å²) in [5.74, 6) is 0. The van der Waals surface area contributed by atoms with Gasteiger partial charge >= 0.3 is 0 Å². The number of hydrogen-bond donors (Lipinski definition) is 1. The van der Waals surface area contributed by atoms with Gasteiger partial charge in [-0.15, -0.1) is 10.2 Å². The number of aromatic nitrogens is 2. The molecular formula is C9H8N4O2S. The fraction of sp³-hybridized carbons (Fsp3) is 0.111. The number of rotatable bonds is 2. The van der Waals surface area contributed by atoms with Crippen molar-refractivity contribution >= 4 is 22.2 Å². The lowest BCUT2D eigenvalue weighted by Crippen LogP contribution is -1.90. The van der Waals surface area contributed by atoms with Crippen LogP contribution < -0.4 is 5.73 Å². The maximum atomic E-state index is 10.7. The zero-order chi connectivity index (χ0) is 11.7. The van der Waals surface area contributed by atoms with E-state index in [-0.39, 0.29) is 5.69 Å². The van der Waals surface area contributed by atoms with Crippen LogP contribution in [0, 0.1) is 17.0 Å². The normalized spacial score (nSPS) is 10.3. The van der Waals surface area contributed by atoms with E-state index in [2.05, 4.69) is 10.2 Å². The number of nitro benzene ring substituents is 1. The molecule has 0 unspecified atom stereocenters.